The molecule has 0 amide bonds. The van der Waals surface area contributed by atoms with Gasteiger partial charge in [0.1, 0.15) is 0 Å². The van der Waals surface area contributed by atoms with Crippen LogP contribution in [0, 0.1) is 0 Å². The molecule has 1 aliphatic heterocycles. The van der Waals surface area contributed by atoms with Crippen LogP contribution in [-0.2, 0) is 0 Å². The van der Waals surface area contributed by atoms with E-state index in [-0.39, 0.29) is 27.3 Å². The number of hydrogen-bond acceptors (Lipinski definition) is 3. The van der Waals surface area contributed by atoms with Gasteiger partial charge < -0.3 is 10.6 Å². The predicted molar refractivity (Wildman–Crippen MR) is 103 cm³/mol. The normalized spacial score (nSPS) is 11.3. The zero-order valence-electron chi connectivity index (χ0n) is 10.9. The highest BCUT2D eigenvalue weighted by atomic mass is 35.5. The Bertz CT molecular complexity index is 605. The Hall–Kier alpha value is -0.870. The van der Waals surface area contributed by atoms with Gasteiger partial charge in [0.15, 0.2) is 0 Å². The van der Waals surface area contributed by atoms with Crippen molar-refractivity contribution < 1.29 is 0 Å². The number of fused-ring (bicyclic) bond motifs is 2. The second-order valence-electron chi connectivity index (χ2n) is 4.48. The lowest BCUT2D eigenvalue weighted by Crippen LogP contribution is -2.23. The second-order valence-corrected chi connectivity index (χ2v) is 6.00. The van der Waals surface area contributed by atoms with E-state index in [9.17, 15) is 0 Å². The van der Waals surface area contributed by atoms with Crippen LogP contribution < -0.4 is 10.6 Å². The van der Waals surface area contributed by atoms with Crippen molar-refractivity contribution in [1.82, 2.24) is 0 Å². The Labute approximate surface area is 149 Å². The van der Waals surface area contributed by atoms with Gasteiger partial charge in [-0.25, -0.2) is 0 Å². The highest BCUT2D eigenvalue weighted by molar-refractivity contribution is 7.99. The Morgan fingerprint density at radius 2 is 1.68 bits per heavy atom. The first-order chi connectivity index (χ1) is 9.29. The fraction of sp³-hybridized carbons (Fsp3) is 0.294. The van der Waals surface area contributed by atoms with Crippen LogP contribution in [-0.4, -0.2) is 13.1 Å². The quantitative estimate of drug-likeness (QED) is 0.730. The van der Waals surface area contributed by atoms with Crippen LogP contribution in [0.25, 0.3) is 0 Å². The number of rotatable bonds is 3. The van der Waals surface area contributed by atoms with Crippen molar-refractivity contribution in [2.45, 2.75) is 31.1 Å². The summed E-state index contributed by atoms with van der Waals surface area (Å²) < 4.78 is 0. The van der Waals surface area contributed by atoms with E-state index in [0.29, 0.717) is 6.54 Å². The highest BCUT2D eigenvalue weighted by Crippen LogP contribution is 2.48. The van der Waals surface area contributed by atoms with E-state index in [0.717, 1.165) is 18.0 Å². The monoisotopic (exact) mass is 358 g/mol. The van der Waals surface area contributed by atoms with Crippen molar-refractivity contribution in [3.8, 4) is 0 Å². The van der Waals surface area contributed by atoms with Crippen molar-refractivity contribution in [1.29, 1.82) is 0 Å². The first-order valence-electron chi connectivity index (χ1n) is 6.33. The lowest BCUT2D eigenvalue weighted by atomic mass is 10.2. The van der Waals surface area contributed by atoms with E-state index < -0.39 is 0 Å². The molecule has 0 spiro atoms. The number of benzene rings is 2. The summed E-state index contributed by atoms with van der Waals surface area (Å²) in [7, 11) is 0. The van der Waals surface area contributed by atoms with Gasteiger partial charge >= 0.3 is 0 Å². The fourth-order valence-electron chi connectivity index (χ4n) is 2.29. The van der Waals surface area contributed by atoms with Gasteiger partial charge in [-0.3, -0.25) is 0 Å². The second kappa shape index (κ2) is 9.31. The molecule has 122 valence electrons. The first-order valence-corrected chi connectivity index (χ1v) is 7.53. The maximum absolute atomic E-state index is 6.14. The molecular formula is C17H24Cl2N2S. The summed E-state index contributed by atoms with van der Waals surface area (Å²) in [6, 6.07) is 14.5. The van der Waals surface area contributed by atoms with E-state index in [4.69, 9.17) is 17.3 Å². The highest BCUT2D eigenvalue weighted by Gasteiger charge is 2.22. The van der Waals surface area contributed by atoms with E-state index in [1.165, 1.54) is 21.2 Å². The van der Waals surface area contributed by atoms with Crippen molar-refractivity contribution in [3.63, 3.8) is 0 Å². The Balaban J connectivity index is 0.00000147. The molecule has 0 unspecified atom stereocenters. The molecule has 0 bridgehead atoms. The molecule has 2 aromatic rings. The summed E-state index contributed by atoms with van der Waals surface area (Å²) in [5, 5.41) is 0.775. The van der Waals surface area contributed by atoms with Gasteiger partial charge in [0, 0.05) is 21.4 Å². The molecule has 0 radical (unpaired) electrons. The number of nitrogens with two attached hydrogens (primary N) is 1. The standard InChI is InChI=1S/C15H15ClN2S.2CH4.ClH/c16-11-6-7-15-13(10-11)18(9-3-8-17)12-4-1-2-5-14(12)19-15;;;/h1-2,4-7,10H,3,8-9,17H2;2*1H4;1H. The summed E-state index contributed by atoms with van der Waals surface area (Å²) in [6.07, 6.45) is 0.963. The van der Waals surface area contributed by atoms with Crippen molar-refractivity contribution in [3.05, 3.63) is 47.5 Å². The summed E-state index contributed by atoms with van der Waals surface area (Å²) in [5.41, 5.74) is 8.09. The molecule has 2 aromatic carbocycles. The maximum atomic E-state index is 6.14. The van der Waals surface area contributed by atoms with E-state index in [2.05, 4.69) is 35.2 Å². The average molecular weight is 359 g/mol. The molecule has 1 heterocycles. The predicted octanol–water partition coefficient (Wildman–Crippen LogP) is 5.99. The maximum Gasteiger partial charge on any atom is 0.0567 e. The van der Waals surface area contributed by atoms with Gasteiger partial charge in [-0.2, -0.15) is 0 Å². The summed E-state index contributed by atoms with van der Waals surface area (Å²) in [5.74, 6) is 0. The van der Waals surface area contributed by atoms with Crippen molar-refractivity contribution in [2.24, 2.45) is 5.73 Å². The van der Waals surface area contributed by atoms with Crippen molar-refractivity contribution in [2.75, 3.05) is 18.0 Å². The van der Waals surface area contributed by atoms with Crippen LogP contribution in [0.4, 0.5) is 11.4 Å². The number of para-hydroxylation sites is 1. The summed E-state index contributed by atoms with van der Waals surface area (Å²) in [4.78, 5) is 4.86. The SMILES string of the molecule is C.C.Cl.NCCCN1c2ccccc2Sc2ccc(Cl)cc21. The molecule has 0 aromatic heterocycles. The molecule has 5 heteroatoms. The molecule has 22 heavy (non-hydrogen) atoms. The summed E-state index contributed by atoms with van der Waals surface area (Å²) in [6.45, 7) is 1.61. The molecule has 1 aliphatic rings. The first kappa shape index (κ1) is 21.1. The number of anilines is 2. The zero-order chi connectivity index (χ0) is 13.2. The molecule has 0 atom stereocenters. The summed E-state index contributed by atoms with van der Waals surface area (Å²) >= 11 is 7.94. The van der Waals surface area contributed by atoms with Gasteiger partial charge in [-0.1, -0.05) is 50.3 Å². The molecular weight excluding hydrogens is 335 g/mol. The van der Waals surface area contributed by atoms with Crippen LogP contribution in [0.1, 0.15) is 21.3 Å². The van der Waals surface area contributed by atoms with Crippen LogP contribution in [0.3, 0.4) is 0 Å². The number of nitrogens with zero attached hydrogens (tertiary/aromatic N) is 1. The third-order valence-corrected chi connectivity index (χ3v) is 4.54. The molecule has 2 N–H and O–H groups in total. The van der Waals surface area contributed by atoms with Gasteiger partial charge in [0.25, 0.3) is 0 Å². The third kappa shape index (κ3) is 4.11. The molecule has 2 nitrogen and oxygen atoms in total. The fourth-order valence-corrected chi connectivity index (χ4v) is 3.54. The van der Waals surface area contributed by atoms with Crippen LogP contribution >= 0.6 is 35.8 Å². The molecule has 0 fully saturated rings. The van der Waals surface area contributed by atoms with Crippen LogP contribution in [0.15, 0.2) is 52.3 Å². The van der Waals surface area contributed by atoms with Gasteiger partial charge in [0.2, 0.25) is 0 Å². The largest absolute Gasteiger partial charge is 0.340 e. The van der Waals surface area contributed by atoms with Crippen molar-refractivity contribution >= 4 is 47.1 Å². The molecule has 0 saturated carbocycles. The Kier molecular flexibility index (Phi) is 8.94. The minimum absolute atomic E-state index is 0. The van der Waals surface area contributed by atoms with E-state index in [1.807, 2.05) is 12.1 Å². The minimum atomic E-state index is 0. The lowest BCUT2D eigenvalue weighted by Gasteiger charge is -2.32. The average Bonchev–Trinajstić information content (AvgIpc) is 2.44. The van der Waals surface area contributed by atoms with Gasteiger partial charge in [-0.05, 0) is 43.3 Å². The third-order valence-electron chi connectivity index (χ3n) is 3.17. The molecule has 0 saturated heterocycles. The smallest absolute Gasteiger partial charge is 0.0567 e. The van der Waals surface area contributed by atoms with Gasteiger partial charge in [0.05, 0.1) is 11.4 Å². The zero-order valence-corrected chi connectivity index (χ0v) is 13.3. The van der Waals surface area contributed by atoms with E-state index in [1.54, 1.807) is 11.8 Å². The van der Waals surface area contributed by atoms with Gasteiger partial charge in [-0.15, -0.1) is 12.4 Å². The van der Waals surface area contributed by atoms with Crippen LogP contribution in [0.2, 0.25) is 5.02 Å². The minimum Gasteiger partial charge on any atom is -0.340 e. The number of hydrogen-bond donors (Lipinski definition) is 1. The van der Waals surface area contributed by atoms with E-state index >= 15 is 0 Å². The molecule has 0 aliphatic carbocycles. The Morgan fingerprint density at radius 3 is 2.41 bits per heavy atom. The topological polar surface area (TPSA) is 29.3 Å². The van der Waals surface area contributed by atoms with Crippen LogP contribution in [0.5, 0.6) is 0 Å². The number of halogens is 2. The lowest BCUT2D eigenvalue weighted by molar-refractivity contribution is 0.807. The molecule has 3 rings (SSSR count). The Morgan fingerprint density at radius 1 is 1.00 bits per heavy atom.